The summed E-state index contributed by atoms with van der Waals surface area (Å²) in [5.41, 5.74) is 2.04. The van der Waals surface area contributed by atoms with Gasteiger partial charge in [0.15, 0.2) is 5.96 Å². The molecular formula is C19H22ClN5S. The molecule has 1 aromatic carbocycles. The molecule has 0 unspecified atom stereocenters. The average molecular weight is 388 g/mol. The van der Waals surface area contributed by atoms with Crippen LogP contribution in [-0.2, 0) is 6.42 Å². The number of guanidine groups is 1. The molecule has 0 saturated heterocycles. The second-order valence-electron chi connectivity index (χ2n) is 5.68. The van der Waals surface area contributed by atoms with Crippen LogP contribution in [0.15, 0.2) is 64.7 Å². The van der Waals surface area contributed by atoms with Crippen LogP contribution in [0.2, 0.25) is 5.02 Å². The van der Waals surface area contributed by atoms with Gasteiger partial charge in [0.1, 0.15) is 5.65 Å². The summed E-state index contributed by atoms with van der Waals surface area (Å²) in [6.45, 7) is 1.62. The van der Waals surface area contributed by atoms with E-state index >= 15 is 0 Å². The number of aromatic nitrogens is 2. The summed E-state index contributed by atoms with van der Waals surface area (Å²) < 4.78 is 2.04. The molecule has 3 rings (SSSR count). The topological polar surface area (TPSA) is 53.7 Å². The van der Waals surface area contributed by atoms with E-state index in [2.05, 4.69) is 26.8 Å². The van der Waals surface area contributed by atoms with Crippen LogP contribution in [-0.4, -0.2) is 41.2 Å². The Kier molecular flexibility index (Phi) is 6.80. The number of nitrogens with zero attached hydrogens (tertiary/aromatic N) is 3. The highest BCUT2D eigenvalue weighted by molar-refractivity contribution is 7.99. The predicted molar refractivity (Wildman–Crippen MR) is 110 cm³/mol. The van der Waals surface area contributed by atoms with Crippen LogP contribution in [0.4, 0.5) is 0 Å². The van der Waals surface area contributed by atoms with Crippen LogP contribution >= 0.6 is 23.4 Å². The zero-order valence-corrected chi connectivity index (χ0v) is 16.2. The molecule has 0 saturated carbocycles. The van der Waals surface area contributed by atoms with Crippen LogP contribution in [0, 0.1) is 0 Å². The number of halogens is 1. The number of aliphatic imine (C=N–C) groups is 1. The maximum atomic E-state index is 5.90. The van der Waals surface area contributed by atoms with E-state index in [1.165, 1.54) is 4.90 Å². The third-order valence-corrected chi connectivity index (χ3v) is 5.05. The molecule has 0 aliphatic rings. The van der Waals surface area contributed by atoms with E-state index in [0.717, 1.165) is 47.6 Å². The van der Waals surface area contributed by atoms with E-state index in [9.17, 15) is 0 Å². The Morgan fingerprint density at radius 3 is 2.73 bits per heavy atom. The Bertz CT molecular complexity index is 827. The molecule has 26 heavy (non-hydrogen) atoms. The number of thioether (sulfide) groups is 1. The molecule has 2 heterocycles. The highest BCUT2D eigenvalue weighted by Crippen LogP contribution is 2.19. The largest absolute Gasteiger partial charge is 0.356 e. The number of imidazole rings is 1. The second-order valence-corrected chi connectivity index (χ2v) is 7.28. The van der Waals surface area contributed by atoms with E-state index in [4.69, 9.17) is 11.6 Å². The maximum absolute atomic E-state index is 5.90. The summed E-state index contributed by atoms with van der Waals surface area (Å²) in [7, 11) is 1.78. The minimum absolute atomic E-state index is 0.766. The fourth-order valence-corrected chi connectivity index (χ4v) is 3.40. The molecule has 3 aromatic rings. The second kappa shape index (κ2) is 9.50. The summed E-state index contributed by atoms with van der Waals surface area (Å²) in [4.78, 5) is 10.1. The lowest BCUT2D eigenvalue weighted by atomic mass is 10.3. The van der Waals surface area contributed by atoms with Crippen molar-refractivity contribution in [1.82, 2.24) is 20.0 Å². The van der Waals surface area contributed by atoms with Gasteiger partial charge in [0.25, 0.3) is 0 Å². The Balaban J connectivity index is 1.37. The van der Waals surface area contributed by atoms with E-state index in [0.29, 0.717) is 0 Å². The Hall–Kier alpha value is -2.18. The summed E-state index contributed by atoms with van der Waals surface area (Å²) in [6, 6.07) is 13.9. The summed E-state index contributed by atoms with van der Waals surface area (Å²) >= 11 is 7.69. The Labute approximate surface area is 162 Å². The molecule has 0 aliphatic heterocycles. The molecule has 0 fully saturated rings. The lowest BCUT2D eigenvalue weighted by Crippen LogP contribution is -2.39. The monoisotopic (exact) mass is 387 g/mol. The van der Waals surface area contributed by atoms with Gasteiger partial charge in [-0.05, 0) is 36.4 Å². The van der Waals surface area contributed by atoms with Crippen molar-refractivity contribution in [2.45, 2.75) is 11.3 Å². The van der Waals surface area contributed by atoms with Gasteiger partial charge in [-0.15, -0.1) is 11.8 Å². The van der Waals surface area contributed by atoms with Crippen molar-refractivity contribution in [2.75, 3.05) is 25.9 Å². The van der Waals surface area contributed by atoms with Crippen molar-refractivity contribution < 1.29 is 0 Å². The molecule has 136 valence electrons. The number of fused-ring (bicyclic) bond motifs is 1. The van der Waals surface area contributed by atoms with Gasteiger partial charge in [0.2, 0.25) is 0 Å². The number of rotatable bonds is 7. The quantitative estimate of drug-likeness (QED) is 0.282. The highest BCUT2D eigenvalue weighted by atomic mass is 35.5. The minimum Gasteiger partial charge on any atom is -0.356 e. The standard InChI is InChI=1S/C19H22ClN5S/c1-21-19(23-11-13-26-17-7-5-15(20)6-8-17)22-10-9-16-14-25-12-3-2-4-18(25)24-16/h2-8,12,14H,9-11,13H2,1H3,(H2,21,22,23). The number of pyridine rings is 1. The van der Waals surface area contributed by atoms with Gasteiger partial charge in [-0.2, -0.15) is 0 Å². The van der Waals surface area contributed by atoms with Crippen LogP contribution in [0.1, 0.15) is 5.69 Å². The van der Waals surface area contributed by atoms with Crippen LogP contribution in [0.5, 0.6) is 0 Å². The van der Waals surface area contributed by atoms with E-state index < -0.39 is 0 Å². The number of benzene rings is 1. The molecule has 0 aliphatic carbocycles. The van der Waals surface area contributed by atoms with E-state index in [1.807, 2.05) is 53.1 Å². The van der Waals surface area contributed by atoms with Crippen molar-refractivity contribution in [3.8, 4) is 0 Å². The van der Waals surface area contributed by atoms with Gasteiger partial charge >= 0.3 is 0 Å². The Morgan fingerprint density at radius 2 is 1.96 bits per heavy atom. The molecule has 0 amide bonds. The zero-order valence-electron chi connectivity index (χ0n) is 14.7. The first-order valence-corrected chi connectivity index (χ1v) is 9.86. The molecule has 2 aromatic heterocycles. The molecule has 0 atom stereocenters. The molecule has 5 nitrogen and oxygen atoms in total. The smallest absolute Gasteiger partial charge is 0.191 e. The third-order valence-electron chi connectivity index (χ3n) is 3.79. The van der Waals surface area contributed by atoms with Crippen molar-refractivity contribution in [1.29, 1.82) is 0 Å². The van der Waals surface area contributed by atoms with Crippen molar-refractivity contribution in [3.05, 3.63) is 65.6 Å². The van der Waals surface area contributed by atoms with Crippen molar-refractivity contribution in [2.24, 2.45) is 4.99 Å². The highest BCUT2D eigenvalue weighted by Gasteiger charge is 2.02. The normalized spacial score (nSPS) is 11.7. The van der Waals surface area contributed by atoms with Crippen LogP contribution in [0.25, 0.3) is 5.65 Å². The molecular weight excluding hydrogens is 366 g/mol. The molecule has 0 radical (unpaired) electrons. The van der Waals surface area contributed by atoms with Crippen molar-refractivity contribution >= 4 is 35.0 Å². The first-order valence-electron chi connectivity index (χ1n) is 8.50. The minimum atomic E-state index is 0.766. The summed E-state index contributed by atoms with van der Waals surface area (Å²) in [5, 5.41) is 7.43. The lowest BCUT2D eigenvalue weighted by molar-refractivity contribution is 0.802. The number of hydrogen-bond acceptors (Lipinski definition) is 3. The molecule has 0 bridgehead atoms. The molecule has 2 N–H and O–H groups in total. The average Bonchev–Trinajstić information content (AvgIpc) is 3.08. The predicted octanol–water partition coefficient (Wildman–Crippen LogP) is 3.49. The summed E-state index contributed by atoms with van der Waals surface area (Å²) in [6.07, 6.45) is 4.93. The van der Waals surface area contributed by atoms with Gasteiger partial charge in [0.05, 0.1) is 5.69 Å². The SMILES string of the molecule is CN=C(NCCSc1ccc(Cl)cc1)NCCc1cn2ccccc2n1. The van der Waals surface area contributed by atoms with Crippen LogP contribution < -0.4 is 10.6 Å². The fourth-order valence-electron chi connectivity index (χ4n) is 2.51. The number of nitrogens with one attached hydrogen (secondary N) is 2. The van der Waals surface area contributed by atoms with Crippen LogP contribution in [0.3, 0.4) is 0 Å². The zero-order chi connectivity index (χ0) is 18.2. The first kappa shape index (κ1) is 18.6. The van der Waals surface area contributed by atoms with Gasteiger partial charge in [0, 0.05) is 54.6 Å². The summed E-state index contributed by atoms with van der Waals surface area (Å²) in [5.74, 6) is 1.76. The van der Waals surface area contributed by atoms with Gasteiger partial charge in [-0.1, -0.05) is 17.7 Å². The van der Waals surface area contributed by atoms with E-state index in [1.54, 1.807) is 18.8 Å². The Morgan fingerprint density at radius 1 is 1.15 bits per heavy atom. The van der Waals surface area contributed by atoms with Crippen molar-refractivity contribution in [3.63, 3.8) is 0 Å². The maximum Gasteiger partial charge on any atom is 0.191 e. The van der Waals surface area contributed by atoms with Gasteiger partial charge in [-0.3, -0.25) is 4.99 Å². The molecule has 0 spiro atoms. The van der Waals surface area contributed by atoms with E-state index in [-0.39, 0.29) is 0 Å². The lowest BCUT2D eigenvalue weighted by Gasteiger charge is -2.11. The fraction of sp³-hybridized carbons (Fsp3) is 0.263. The van der Waals surface area contributed by atoms with Gasteiger partial charge in [-0.25, -0.2) is 4.98 Å². The first-order chi connectivity index (χ1) is 12.7. The van der Waals surface area contributed by atoms with Gasteiger partial charge < -0.3 is 15.0 Å². The number of hydrogen-bond donors (Lipinski definition) is 2. The molecule has 7 heteroatoms. The third kappa shape index (κ3) is 5.41.